The van der Waals surface area contributed by atoms with Gasteiger partial charge in [0.2, 0.25) is 0 Å². The van der Waals surface area contributed by atoms with E-state index in [1.165, 1.54) is 0 Å². The molecule has 1 atom stereocenters. The molecule has 4 nitrogen and oxygen atoms in total. The Labute approximate surface area is 63.7 Å². The lowest BCUT2D eigenvalue weighted by Crippen LogP contribution is -2.41. The van der Waals surface area contributed by atoms with Gasteiger partial charge >= 0.3 is 0 Å². The van der Waals surface area contributed by atoms with E-state index in [1.54, 1.807) is 11.8 Å². The van der Waals surface area contributed by atoms with E-state index in [4.69, 9.17) is 10.6 Å². The molecule has 5 heteroatoms. The zero-order chi connectivity index (χ0) is 7.56. The molecule has 0 aliphatic carbocycles. The monoisotopic (exact) mass is 162 g/mol. The van der Waals surface area contributed by atoms with Crippen LogP contribution in [0.2, 0.25) is 0 Å². The first-order valence-corrected chi connectivity index (χ1v) is 4.32. The molecule has 1 heterocycles. The van der Waals surface area contributed by atoms with Gasteiger partial charge in [0, 0.05) is 5.75 Å². The average Bonchev–Trinajstić information content (AvgIpc) is 2.20. The van der Waals surface area contributed by atoms with Crippen LogP contribution in [0.15, 0.2) is 0 Å². The van der Waals surface area contributed by atoms with Gasteiger partial charge in [0.05, 0.1) is 0 Å². The summed E-state index contributed by atoms with van der Waals surface area (Å²) in [7, 11) is 0. The van der Waals surface area contributed by atoms with Crippen molar-refractivity contribution >= 4 is 17.7 Å². The van der Waals surface area contributed by atoms with Crippen molar-refractivity contribution in [2.45, 2.75) is 6.23 Å². The van der Waals surface area contributed by atoms with E-state index < -0.39 is 0 Å². The molecule has 0 saturated carbocycles. The molecule has 10 heavy (non-hydrogen) atoms. The number of carbonyl (C=O) groups excluding carboxylic acids is 1. The number of nitrogens with zero attached hydrogens (tertiary/aromatic N) is 1. The summed E-state index contributed by atoms with van der Waals surface area (Å²) in [6.45, 7) is 0.127. The fourth-order valence-corrected chi connectivity index (χ4v) is 1.30. The minimum atomic E-state index is -0.220. The fourth-order valence-electron chi connectivity index (χ4n) is 0.754. The molecule has 1 rings (SSSR count). The highest BCUT2D eigenvalue weighted by molar-refractivity contribution is 7.98. The molecule has 1 amide bonds. The molecule has 58 valence electrons. The highest BCUT2D eigenvalue weighted by Crippen LogP contribution is 2.10. The Morgan fingerprint density at radius 2 is 2.70 bits per heavy atom. The van der Waals surface area contributed by atoms with Crippen molar-refractivity contribution in [3.05, 3.63) is 0 Å². The Morgan fingerprint density at radius 1 is 2.00 bits per heavy atom. The van der Waals surface area contributed by atoms with Gasteiger partial charge in [0.25, 0.3) is 5.91 Å². The summed E-state index contributed by atoms with van der Waals surface area (Å²) in [5.74, 6) is 5.95. The summed E-state index contributed by atoms with van der Waals surface area (Å²) in [6, 6.07) is 0. The molecule has 1 aliphatic rings. The van der Waals surface area contributed by atoms with E-state index in [0.717, 1.165) is 10.8 Å². The van der Waals surface area contributed by atoms with Crippen molar-refractivity contribution < 1.29 is 9.53 Å². The third kappa shape index (κ3) is 1.42. The minimum absolute atomic E-state index is 0.127. The van der Waals surface area contributed by atoms with Crippen LogP contribution in [-0.2, 0) is 9.53 Å². The zero-order valence-electron chi connectivity index (χ0n) is 5.74. The molecule has 0 spiro atoms. The lowest BCUT2D eigenvalue weighted by Gasteiger charge is -2.15. The first kappa shape index (κ1) is 7.84. The molecule has 0 aromatic carbocycles. The van der Waals surface area contributed by atoms with Gasteiger partial charge in [-0.25, -0.2) is 10.9 Å². The molecule has 1 saturated heterocycles. The molecule has 1 fully saturated rings. The van der Waals surface area contributed by atoms with Gasteiger partial charge in [-0.15, -0.1) is 0 Å². The molecule has 0 bridgehead atoms. The normalized spacial score (nSPS) is 26.0. The highest BCUT2D eigenvalue weighted by Gasteiger charge is 2.28. The maximum Gasteiger partial charge on any atom is 0.264 e. The number of rotatable bonds is 2. The Kier molecular flexibility index (Phi) is 2.53. The number of hydrogen-bond acceptors (Lipinski definition) is 4. The summed E-state index contributed by atoms with van der Waals surface area (Å²) in [4.78, 5) is 10.7. The van der Waals surface area contributed by atoms with Crippen LogP contribution in [0.4, 0.5) is 0 Å². The first-order valence-electron chi connectivity index (χ1n) is 2.93. The van der Waals surface area contributed by atoms with E-state index in [1.807, 2.05) is 6.26 Å². The Bertz CT molecular complexity index is 142. The van der Waals surface area contributed by atoms with E-state index in [0.29, 0.717) is 0 Å². The van der Waals surface area contributed by atoms with Crippen molar-refractivity contribution in [1.82, 2.24) is 5.01 Å². The third-order valence-electron chi connectivity index (χ3n) is 1.31. The second-order valence-electron chi connectivity index (χ2n) is 2.02. The maximum atomic E-state index is 10.7. The van der Waals surface area contributed by atoms with Crippen LogP contribution >= 0.6 is 11.8 Å². The van der Waals surface area contributed by atoms with Gasteiger partial charge in [0.15, 0.2) is 6.23 Å². The summed E-state index contributed by atoms with van der Waals surface area (Å²) >= 11 is 1.61. The predicted octanol–water partition coefficient (Wildman–Crippen LogP) is -0.592. The summed E-state index contributed by atoms with van der Waals surface area (Å²) in [5, 5.41) is 1.15. The van der Waals surface area contributed by atoms with Crippen LogP contribution in [0.25, 0.3) is 0 Å². The summed E-state index contributed by atoms with van der Waals surface area (Å²) < 4.78 is 5.05. The predicted molar refractivity (Wildman–Crippen MR) is 39.2 cm³/mol. The number of hydrogen-bond donors (Lipinski definition) is 1. The number of thioether (sulfide) groups is 1. The van der Waals surface area contributed by atoms with E-state index >= 15 is 0 Å². The van der Waals surface area contributed by atoms with Gasteiger partial charge in [-0.05, 0) is 6.26 Å². The van der Waals surface area contributed by atoms with Gasteiger partial charge < -0.3 is 4.74 Å². The number of nitrogens with two attached hydrogens (primary N) is 1. The van der Waals surface area contributed by atoms with E-state index in [9.17, 15) is 4.79 Å². The summed E-state index contributed by atoms with van der Waals surface area (Å²) in [5.41, 5.74) is 0. The Hall–Kier alpha value is -0.260. The largest absolute Gasteiger partial charge is 0.346 e. The van der Waals surface area contributed by atoms with Gasteiger partial charge in [-0.3, -0.25) is 4.79 Å². The van der Waals surface area contributed by atoms with Crippen LogP contribution in [0.5, 0.6) is 0 Å². The Morgan fingerprint density at radius 3 is 3.10 bits per heavy atom. The second-order valence-corrected chi connectivity index (χ2v) is 2.93. The minimum Gasteiger partial charge on any atom is -0.346 e. The molecule has 0 aromatic heterocycles. The third-order valence-corrected chi connectivity index (χ3v) is 1.93. The smallest absolute Gasteiger partial charge is 0.264 e. The lowest BCUT2D eigenvalue weighted by atomic mass is 10.6. The second kappa shape index (κ2) is 3.23. The van der Waals surface area contributed by atoms with Crippen molar-refractivity contribution in [2.24, 2.45) is 5.84 Å². The lowest BCUT2D eigenvalue weighted by molar-refractivity contribution is -0.127. The Balaban J connectivity index is 2.41. The van der Waals surface area contributed by atoms with Gasteiger partial charge in [-0.1, -0.05) is 0 Å². The van der Waals surface area contributed by atoms with E-state index in [2.05, 4.69) is 0 Å². The first-order chi connectivity index (χ1) is 4.75. The maximum absolute atomic E-state index is 10.7. The van der Waals surface area contributed by atoms with Crippen LogP contribution in [0, 0.1) is 0 Å². The number of amides is 1. The van der Waals surface area contributed by atoms with E-state index in [-0.39, 0.29) is 18.7 Å². The van der Waals surface area contributed by atoms with Crippen molar-refractivity contribution in [3.8, 4) is 0 Å². The molecular formula is C5H10N2O2S. The number of hydrazine groups is 1. The van der Waals surface area contributed by atoms with Crippen molar-refractivity contribution in [2.75, 3.05) is 18.6 Å². The standard InChI is InChI=1S/C5H10N2O2S/c1-10-3-5-7(6)4(8)2-9-5/h5H,2-3,6H2,1H3. The molecule has 1 aliphatic heterocycles. The number of ether oxygens (including phenoxy) is 1. The van der Waals surface area contributed by atoms with Crippen LogP contribution < -0.4 is 5.84 Å². The van der Waals surface area contributed by atoms with Crippen molar-refractivity contribution in [3.63, 3.8) is 0 Å². The SMILES string of the molecule is CSCC1OCC(=O)N1N. The van der Waals surface area contributed by atoms with Crippen molar-refractivity contribution in [1.29, 1.82) is 0 Å². The fraction of sp³-hybridized carbons (Fsp3) is 0.800. The quantitative estimate of drug-likeness (QED) is 0.435. The van der Waals surface area contributed by atoms with Gasteiger partial charge in [-0.2, -0.15) is 11.8 Å². The van der Waals surface area contributed by atoms with Gasteiger partial charge in [0.1, 0.15) is 6.61 Å². The van der Waals surface area contributed by atoms with Crippen LogP contribution in [-0.4, -0.2) is 35.8 Å². The topological polar surface area (TPSA) is 55.6 Å². The summed E-state index contributed by atoms with van der Waals surface area (Å²) in [6.07, 6.45) is 1.72. The molecule has 1 unspecified atom stereocenters. The highest BCUT2D eigenvalue weighted by atomic mass is 32.2. The zero-order valence-corrected chi connectivity index (χ0v) is 6.56. The van der Waals surface area contributed by atoms with Crippen LogP contribution in [0.3, 0.4) is 0 Å². The average molecular weight is 162 g/mol. The molecule has 0 radical (unpaired) electrons. The number of carbonyl (C=O) groups is 1. The molecule has 0 aromatic rings. The molecular weight excluding hydrogens is 152 g/mol. The van der Waals surface area contributed by atoms with Crippen LogP contribution in [0.1, 0.15) is 0 Å². The molecule has 2 N–H and O–H groups in total.